The third-order valence-corrected chi connectivity index (χ3v) is 4.36. The average molecular weight is 287 g/mol. The molecule has 2 atom stereocenters. The zero-order chi connectivity index (χ0) is 14.4. The molecule has 108 valence electrons. The molecule has 0 amide bonds. The maximum atomic E-state index is 14.4. The summed E-state index contributed by atoms with van der Waals surface area (Å²) < 4.78 is 28.9. The standard InChI is InChI=1S/C17H15F2NO/c18-17(19)15(13-7-2-1-3-8-13)16-14-9-5-4-6-12(14)10-11-20(16)21-17/h1-9,15-16H,10-11H2/t15-,16?/m1/s1. The number of hydroxylamine groups is 2. The number of hydrogen-bond donors (Lipinski definition) is 0. The van der Waals surface area contributed by atoms with E-state index in [1.807, 2.05) is 30.3 Å². The minimum absolute atomic E-state index is 0.424. The van der Waals surface area contributed by atoms with Crippen molar-refractivity contribution < 1.29 is 13.6 Å². The maximum absolute atomic E-state index is 14.4. The van der Waals surface area contributed by atoms with Gasteiger partial charge in [-0.05, 0) is 23.1 Å². The lowest BCUT2D eigenvalue weighted by Gasteiger charge is -2.31. The molecular formula is C17H15F2NO. The predicted molar refractivity (Wildman–Crippen MR) is 74.8 cm³/mol. The van der Waals surface area contributed by atoms with E-state index in [9.17, 15) is 8.78 Å². The molecule has 0 aromatic heterocycles. The third-order valence-electron chi connectivity index (χ3n) is 4.36. The molecular weight excluding hydrogens is 272 g/mol. The molecule has 2 aromatic rings. The van der Waals surface area contributed by atoms with Crippen molar-refractivity contribution >= 4 is 0 Å². The number of fused-ring (bicyclic) bond motifs is 3. The van der Waals surface area contributed by atoms with Gasteiger partial charge in [0.05, 0.1) is 12.0 Å². The summed E-state index contributed by atoms with van der Waals surface area (Å²) in [6, 6.07) is 16.3. The molecule has 2 nitrogen and oxygen atoms in total. The number of hydrogen-bond acceptors (Lipinski definition) is 2. The van der Waals surface area contributed by atoms with E-state index in [0.29, 0.717) is 12.1 Å². The molecule has 1 fully saturated rings. The molecule has 2 aromatic carbocycles. The second-order valence-electron chi connectivity index (χ2n) is 5.58. The van der Waals surface area contributed by atoms with Gasteiger partial charge < -0.3 is 0 Å². The second-order valence-corrected chi connectivity index (χ2v) is 5.58. The van der Waals surface area contributed by atoms with Crippen molar-refractivity contribution in [3.63, 3.8) is 0 Å². The quantitative estimate of drug-likeness (QED) is 0.788. The van der Waals surface area contributed by atoms with Gasteiger partial charge in [-0.25, -0.2) is 4.84 Å². The first-order chi connectivity index (χ1) is 10.2. The Morgan fingerprint density at radius 3 is 2.52 bits per heavy atom. The van der Waals surface area contributed by atoms with E-state index in [-0.39, 0.29) is 0 Å². The van der Waals surface area contributed by atoms with Gasteiger partial charge in [-0.1, -0.05) is 54.6 Å². The fourth-order valence-corrected chi connectivity index (χ4v) is 3.46. The van der Waals surface area contributed by atoms with Crippen LogP contribution < -0.4 is 0 Å². The summed E-state index contributed by atoms with van der Waals surface area (Å²) in [6.45, 7) is 0.501. The summed E-state index contributed by atoms with van der Waals surface area (Å²) in [4.78, 5) is 4.98. The van der Waals surface area contributed by atoms with E-state index in [1.54, 1.807) is 24.3 Å². The number of nitrogens with zero attached hydrogens (tertiary/aromatic N) is 1. The highest BCUT2D eigenvalue weighted by Crippen LogP contribution is 2.54. The van der Waals surface area contributed by atoms with Crippen molar-refractivity contribution in [2.75, 3.05) is 6.54 Å². The summed E-state index contributed by atoms with van der Waals surface area (Å²) >= 11 is 0. The lowest BCUT2D eigenvalue weighted by molar-refractivity contribution is -0.315. The van der Waals surface area contributed by atoms with Crippen molar-refractivity contribution in [2.45, 2.75) is 24.5 Å². The van der Waals surface area contributed by atoms with Gasteiger partial charge in [0.1, 0.15) is 0 Å². The molecule has 0 spiro atoms. The van der Waals surface area contributed by atoms with Crippen LogP contribution in [0.15, 0.2) is 54.6 Å². The molecule has 1 unspecified atom stereocenters. The Morgan fingerprint density at radius 1 is 1.00 bits per heavy atom. The minimum Gasteiger partial charge on any atom is -0.228 e. The Balaban J connectivity index is 1.85. The predicted octanol–water partition coefficient (Wildman–Crippen LogP) is 3.91. The second kappa shape index (κ2) is 4.61. The van der Waals surface area contributed by atoms with Gasteiger partial charge in [0, 0.05) is 6.54 Å². The van der Waals surface area contributed by atoms with E-state index in [4.69, 9.17) is 4.84 Å². The molecule has 4 heteroatoms. The molecule has 0 saturated carbocycles. The topological polar surface area (TPSA) is 12.5 Å². The maximum Gasteiger partial charge on any atom is 0.379 e. The summed E-state index contributed by atoms with van der Waals surface area (Å²) in [5, 5.41) is 1.46. The van der Waals surface area contributed by atoms with Gasteiger partial charge in [-0.3, -0.25) is 0 Å². The fourth-order valence-electron chi connectivity index (χ4n) is 3.46. The van der Waals surface area contributed by atoms with Gasteiger partial charge in [-0.2, -0.15) is 13.8 Å². The van der Waals surface area contributed by atoms with E-state index in [1.165, 1.54) is 5.06 Å². The summed E-state index contributed by atoms with van der Waals surface area (Å²) in [5.74, 6) is -0.972. The molecule has 0 aliphatic carbocycles. The first-order valence-electron chi connectivity index (χ1n) is 7.13. The number of benzene rings is 2. The Labute approximate surface area is 121 Å². The van der Waals surface area contributed by atoms with Crippen molar-refractivity contribution in [3.8, 4) is 0 Å². The SMILES string of the molecule is FC1(F)ON2CCc3ccccc3C2[C@H]1c1ccccc1. The molecule has 2 heterocycles. The Hall–Kier alpha value is -1.78. The lowest BCUT2D eigenvalue weighted by Crippen LogP contribution is -2.31. The molecule has 21 heavy (non-hydrogen) atoms. The normalized spacial score (nSPS) is 27.1. The highest BCUT2D eigenvalue weighted by Gasteiger charge is 2.58. The van der Waals surface area contributed by atoms with Crippen LogP contribution in [-0.2, 0) is 11.3 Å². The summed E-state index contributed by atoms with van der Waals surface area (Å²) in [6.07, 6.45) is -2.44. The largest absolute Gasteiger partial charge is 0.379 e. The summed E-state index contributed by atoms with van der Waals surface area (Å²) in [5.41, 5.74) is 2.71. The van der Waals surface area contributed by atoms with Crippen LogP contribution in [-0.4, -0.2) is 17.7 Å². The van der Waals surface area contributed by atoms with Gasteiger partial charge in [0.25, 0.3) is 0 Å². The Bertz CT molecular complexity index is 659. The monoisotopic (exact) mass is 287 g/mol. The highest BCUT2D eigenvalue weighted by atomic mass is 19.3. The van der Waals surface area contributed by atoms with Crippen molar-refractivity contribution in [1.29, 1.82) is 0 Å². The Kier molecular flexibility index (Phi) is 2.84. The molecule has 2 aliphatic rings. The van der Waals surface area contributed by atoms with Crippen LogP contribution in [0.2, 0.25) is 0 Å². The Morgan fingerprint density at radius 2 is 1.71 bits per heavy atom. The highest BCUT2D eigenvalue weighted by molar-refractivity contribution is 5.37. The molecule has 2 aliphatic heterocycles. The van der Waals surface area contributed by atoms with Gasteiger partial charge in [0.15, 0.2) is 0 Å². The van der Waals surface area contributed by atoms with Gasteiger partial charge in [-0.15, -0.1) is 0 Å². The zero-order valence-corrected chi connectivity index (χ0v) is 11.4. The molecule has 0 bridgehead atoms. The first-order valence-corrected chi connectivity index (χ1v) is 7.13. The van der Waals surface area contributed by atoms with E-state index in [0.717, 1.165) is 17.5 Å². The van der Waals surface area contributed by atoms with Crippen LogP contribution in [0.25, 0.3) is 0 Å². The smallest absolute Gasteiger partial charge is 0.228 e. The van der Waals surface area contributed by atoms with Crippen molar-refractivity contribution in [3.05, 3.63) is 71.3 Å². The molecule has 0 N–H and O–H groups in total. The van der Waals surface area contributed by atoms with Crippen LogP contribution in [0, 0.1) is 0 Å². The molecule has 4 rings (SSSR count). The number of alkyl halides is 2. The van der Waals surface area contributed by atoms with Crippen molar-refractivity contribution in [2.24, 2.45) is 0 Å². The van der Waals surface area contributed by atoms with Crippen LogP contribution in [0.5, 0.6) is 0 Å². The van der Waals surface area contributed by atoms with Gasteiger partial charge in [0.2, 0.25) is 0 Å². The minimum atomic E-state index is -3.18. The first kappa shape index (κ1) is 12.9. The molecule has 1 saturated heterocycles. The van der Waals surface area contributed by atoms with Gasteiger partial charge >= 0.3 is 6.11 Å². The summed E-state index contributed by atoms with van der Waals surface area (Å²) in [7, 11) is 0. The average Bonchev–Trinajstić information content (AvgIpc) is 2.78. The van der Waals surface area contributed by atoms with Crippen molar-refractivity contribution in [1.82, 2.24) is 5.06 Å². The van der Waals surface area contributed by atoms with Crippen LogP contribution in [0.1, 0.15) is 28.7 Å². The van der Waals surface area contributed by atoms with Crippen LogP contribution in [0.3, 0.4) is 0 Å². The fraction of sp³-hybridized carbons (Fsp3) is 0.294. The third kappa shape index (κ3) is 1.98. The number of rotatable bonds is 1. The van der Waals surface area contributed by atoms with Crippen LogP contribution >= 0.6 is 0 Å². The van der Waals surface area contributed by atoms with E-state index < -0.39 is 18.1 Å². The number of halogens is 2. The van der Waals surface area contributed by atoms with E-state index in [2.05, 4.69) is 0 Å². The van der Waals surface area contributed by atoms with Crippen LogP contribution in [0.4, 0.5) is 8.78 Å². The zero-order valence-electron chi connectivity index (χ0n) is 11.4. The molecule has 0 radical (unpaired) electrons. The van der Waals surface area contributed by atoms with E-state index >= 15 is 0 Å². The lowest BCUT2D eigenvalue weighted by atomic mass is 9.82.